The van der Waals surface area contributed by atoms with Crippen molar-refractivity contribution >= 4 is 39.1 Å². The second-order valence-corrected chi connectivity index (χ2v) is 10.7. The van der Waals surface area contributed by atoms with Gasteiger partial charge in [-0.2, -0.15) is 0 Å². The molecule has 0 saturated heterocycles. The molecule has 34 heavy (non-hydrogen) atoms. The van der Waals surface area contributed by atoms with E-state index in [0.29, 0.717) is 6.42 Å². The lowest BCUT2D eigenvalue weighted by Crippen LogP contribution is -2.53. The quantitative estimate of drug-likeness (QED) is 0.495. The molecule has 2 rings (SSSR count). The Bertz CT molecular complexity index is 1110. The zero-order valence-electron chi connectivity index (χ0n) is 20.4. The molecule has 0 fully saturated rings. The number of nitrogens with one attached hydrogen (secondary N) is 1. The Hall–Kier alpha value is -2.58. The second kappa shape index (κ2) is 12.2. The molecule has 2 amide bonds. The minimum absolute atomic E-state index is 0.0485. The molecule has 7 nitrogen and oxygen atoms in total. The summed E-state index contributed by atoms with van der Waals surface area (Å²) in [7, 11) is -3.82. The number of carbonyl (C=O) groups excluding carboxylic acids is 2. The average molecular weight is 508 g/mol. The summed E-state index contributed by atoms with van der Waals surface area (Å²) in [4.78, 5) is 28.2. The van der Waals surface area contributed by atoms with Crippen LogP contribution in [-0.4, -0.2) is 50.0 Å². The molecule has 0 aliphatic carbocycles. The van der Waals surface area contributed by atoms with Crippen molar-refractivity contribution in [2.24, 2.45) is 0 Å². The molecular weight excluding hydrogens is 474 g/mol. The summed E-state index contributed by atoms with van der Waals surface area (Å²) in [5.74, 6) is -0.748. The molecule has 0 unspecified atom stereocenters. The van der Waals surface area contributed by atoms with Crippen molar-refractivity contribution < 1.29 is 18.0 Å². The van der Waals surface area contributed by atoms with E-state index < -0.39 is 28.5 Å². The number of hydrogen-bond donors (Lipinski definition) is 1. The molecule has 9 heteroatoms. The van der Waals surface area contributed by atoms with Crippen molar-refractivity contribution in [3.8, 4) is 0 Å². The van der Waals surface area contributed by atoms with Gasteiger partial charge in [-0.25, -0.2) is 8.42 Å². The topological polar surface area (TPSA) is 86.8 Å². The van der Waals surface area contributed by atoms with Crippen molar-refractivity contribution in [1.82, 2.24) is 10.2 Å². The van der Waals surface area contributed by atoms with Crippen LogP contribution in [0.1, 0.15) is 44.7 Å². The monoisotopic (exact) mass is 507 g/mol. The first-order valence-corrected chi connectivity index (χ1v) is 13.6. The van der Waals surface area contributed by atoms with Gasteiger partial charge in [-0.15, -0.1) is 0 Å². The molecule has 0 saturated carbocycles. The highest BCUT2D eigenvalue weighted by atomic mass is 35.5. The fourth-order valence-corrected chi connectivity index (χ4v) is 4.73. The van der Waals surface area contributed by atoms with E-state index in [-0.39, 0.29) is 29.2 Å². The molecule has 0 aromatic heterocycles. The summed E-state index contributed by atoms with van der Waals surface area (Å²) < 4.78 is 26.2. The maximum atomic E-state index is 13.7. The van der Waals surface area contributed by atoms with E-state index in [1.54, 1.807) is 24.3 Å². The largest absolute Gasteiger partial charge is 0.352 e. The third-order valence-electron chi connectivity index (χ3n) is 5.79. The number of aryl methyl sites for hydroxylation is 1. The summed E-state index contributed by atoms with van der Waals surface area (Å²) >= 11 is 6.26. The Morgan fingerprint density at radius 3 is 2.21 bits per heavy atom. The Morgan fingerprint density at radius 2 is 1.65 bits per heavy atom. The smallest absolute Gasteiger partial charge is 0.244 e. The number of para-hydroxylation sites is 1. The van der Waals surface area contributed by atoms with Crippen molar-refractivity contribution in [2.75, 3.05) is 17.1 Å². The Kier molecular flexibility index (Phi) is 9.94. The molecule has 1 N–H and O–H groups in total. The van der Waals surface area contributed by atoms with Gasteiger partial charge in [0.05, 0.1) is 17.0 Å². The van der Waals surface area contributed by atoms with Gasteiger partial charge in [0, 0.05) is 12.6 Å². The number of hydrogen-bond acceptors (Lipinski definition) is 4. The average Bonchev–Trinajstić information content (AvgIpc) is 2.78. The van der Waals surface area contributed by atoms with E-state index in [1.165, 1.54) is 4.90 Å². The van der Waals surface area contributed by atoms with Crippen LogP contribution >= 0.6 is 11.6 Å². The van der Waals surface area contributed by atoms with Crippen LogP contribution in [-0.2, 0) is 26.2 Å². The van der Waals surface area contributed by atoms with Crippen LogP contribution in [0.3, 0.4) is 0 Å². The first-order valence-electron chi connectivity index (χ1n) is 11.4. The summed E-state index contributed by atoms with van der Waals surface area (Å²) in [6.07, 6.45) is 2.16. The third kappa shape index (κ3) is 7.21. The number of halogens is 1. The van der Waals surface area contributed by atoms with E-state index in [2.05, 4.69) is 5.32 Å². The van der Waals surface area contributed by atoms with Crippen molar-refractivity contribution in [1.29, 1.82) is 0 Å². The van der Waals surface area contributed by atoms with Gasteiger partial charge in [-0.3, -0.25) is 13.9 Å². The zero-order valence-corrected chi connectivity index (χ0v) is 22.0. The number of amides is 2. The number of carbonyl (C=O) groups is 2. The fraction of sp³-hybridized carbons (Fsp3) is 0.440. The molecule has 0 aliphatic rings. The Labute approximate surface area is 208 Å². The molecule has 0 aliphatic heterocycles. The van der Waals surface area contributed by atoms with Crippen LogP contribution in [0.25, 0.3) is 0 Å². The van der Waals surface area contributed by atoms with Gasteiger partial charge in [0.1, 0.15) is 12.6 Å². The lowest BCUT2D eigenvalue weighted by molar-refractivity contribution is -0.140. The summed E-state index contributed by atoms with van der Waals surface area (Å²) in [6, 6.07) is 13.3. The lowest BCUT2D eigenvalue weighted by atomic mass is 10.1. The van der Waals surface area contributed by atoms with E-state index in [9.17, 15) is 18.0 Å². The second-order valence-electron chi connectivity index (χ2n) is 8.41. The van der Waals surface area contributed by atoms with E-state index in [4.69, 9.17) is 11.6 Å². The first kappa shape index (κ1) is 27.7. The maximum absolute atomic E-state index is 13.7. The number of rotatable bonds is 11. The Morgan fingerprint density at radius 1 is 1.03 bits per heavy atom. The van der Waals surface area contributed by atoms with Crippen LogP contribution in [0.2, 0.25) is 5.02 Å². The van der Waals surface area contributed by atoms with Crippen LogP contribution in [0.15, 0.2) is 48.5 Å². The normalized spacial score (nSPS) is 13.1. The highest BCUT2D eigenvalue weighted by Gasteiger charge is 2.32. The molecular formula is C25H34ClN3O4S. The fourth-order valence-electron chi connectivity index (χ4n) is 3.58. The Balaban J connectivity index is 2.47. The molecule has 2 atom stereocenters. The predicted molar refractivity (Wildman–Crippen MR) is 137 cm³/mol. The highest BCUT2D eigenvalue weighted by molar-refractivity contribution is 7.92. The molecule has 0 spiro atoms. The lowest BCUT2D eigenvalue weighted by Gasteiger charge is -2.33. The minimum atomic E-state index is -3.82. The molecule has 0 radical (unpaired) electrons. The number of anilines is 1. The standard InChI is InChI=1S/C25H34ClN3O4S/c1-6-19(4)27-25(31)22(7-2)28(16-20-13-9-8-12-18(20)3)24(30)17-29(34(5,32)33)23-15-11-10-14-21(23)26/h8-15,19,22H,6-7,16-17H2,1-5H3,(H,27,31)/t19-,22+/m1/s1. The van der Waals surface area contributed by atoms with Crippen LogP contribution < -0.4 is 9.62 Å². The third-order valence-corrected chi connectivity index (χ3v) is 7.24. The summed E-state index contributed by atoms with van der Waals surface area (Å²) in [5.41, 5.74) is 2.07. The van der Waals surface area contributed by atoms with Gasteiger partial charge in [0.25, 0.3) is 0 Å². The van der Waals surface area contributed by atoms with Gasteiger partial charge in [-0.05, 0) is 49.9 Å². The van der Waals surface area contributed by atoms with E-state index in [0.717, 1.165) is 28.1 Å². The van der Waals surface area contributed by atoms with Gasteiger partial charge in [0.15, 0.2) is 0 Å². The van der Waals surface area contributed by atoms with Crippen molar-refractivity contribution in [2.45, 2.75) is 59.2 Å². The van der Waals surface area contributed by atoms with Crippen molar-refractivity contribution in [3.05, 3.63) is 64.7 Å². The van der Waals surface area contributed by atoms with Gasteiger partial charge in [0.2, 0.25) is 21.8 Å². The van der Waals surface area contributed by atoms with Gasteiger partial charge >= 0.3 is 0 Å². The van der Waals surface area contributed by atoms with Crippen LogP contribution in [0.4, 0.5) is 5.69 Å². The number of nitrogens with zero attached hydrogens (tertiary/aromatic N) is 2. The summed E-state index contributed by atoms with van der Waals surface area (Å²) in [6.45, 7) is 7.35. The zero-order chi connectivity index (χ0) is 25.5. The van der Waals surface area contributed by atoms with E-state index in [1.807, 2.05) is 52.0 Å². The molecule has 186 valence electrons. The molecule has 0 heterocycles. The maximum Gasteiger partial charge on any atom is 0.244 e. The van der Waals surface area contributed by atoms with E-state index >= 15 is 0 Å². The highest BCUT2D eigenvalue weighted by Crippen LogP contribution is 2.27. The van der Waals surface area contributed by atoms with Crippen LogP contribution in [0, 0.1) is 6.92 Å². The van der Waals surface area contributed by atoms with Crippen LogP contribution in [0.5, 0.6) is 0 Å². The summed E-state index contributed by atoms with van der Waals surface area (Å²) in [5, 5.41) is 3.17. The minimum Gasteiger partial charge on any atom is -0.352 e. The van der Waals surface area contributed by atoms with Gasteiger partial charge < -0.3 is 10.2 Å². The SMILES string of the molecule is CC[C@@H](C)NC(=O)[C@H](CC)N(Cc1ccccc1C)C(=O)CN(c1ccccc1Cl)S(C)(=O)=O. The molecule has 0 bridgehead atoms. The van der Waals surface area contributed by atoms with Gasteiger partial charge in [-0.1, -0.05) is 61.8 Å². The molecule has 2 aromatic rings. The molecule has 2 aromatic carbocycles. The van der Waals surface area contributed by atoms with Crippen molar-refractivity contribution in [3.63, 3.8) is 0 Å². The number of sulfonamides is 1. The predicted octanol–water partition coefficient (Wildman–Crippen LogP) is 4.14. The number of benzene rings is 2. The first-order chi connectivity index (χ1) is 16.0.